The molecule has 0 fully saturated rings. The van der Waals surface area contributed by atoms with Crippen molar-refractivity contribution in [3.63, 3.8) is 0 Å². The first-order chi connectivity index (χ1) is 9.97. The van der Waals surface area contributed by atoms with Gasteiger partial charge in [-0.25, -0.2) is 9.97 Å². The molecule has 1 atom stereocenters. The Hall–Kier alpha value is -1.49. The molecular weight excluding hydrogens is 280 g/mol. The van der Waals surface area contributed by atoms with Crippen LogP contribution < -0.4 is 5.73 Å². The molecule has 1 unspecified atom stereocenters. The van der Waals surface area contributed by atoms with Gasteiger partial charge in [0.05, 0.1) is 4.99 Å². The van der Waals surface area contributed by atoms with Crippen molar-refractivity contribution < 1.29 is 0 Å². The van der Waals surface area contributed by atoms with Gasteiger partial charge in [0.2, 0.25) is 0 Å². The van der Waals surface area contributed by atoms with Crippen molar-refractivity contribution in [2.75, 3.05) is 0 Å². The molecule has 5 heteroatoms. The predicted molar refractivity (Wildman–Crippen MR) is 91.5 cm³/mol. The quantitative estimate of drug-likeness (QED) is 0.829. The van der Waals surface area contributed by atoms with Crippen LogP contribution in [0.15, 0.2) is 12.3 Å². The van der Waals surface area contributed by atoms with Crippen LogP contribution in [0.2, 0.25) is 0 Å². The summed E-state index contributed by atoms with van der Waals surface area (Å²) in [6.07, 6.45) is 4.03. The molecule has 0 amide bonds. The van der Waals surface area contributed by atoms with Crippen molar-refractivity contribution >= 4 is 28.4 Å². The minimum absolute atomic E-state index is 0.133. The molecule has 2 aromatic rings. The fourth-order valence-corrected chi connectivity index (χ4v) is 2.71. The third-order valence-electron chi connectivity index (χ3n) is 4.04. The maximum Gasteiger partial charge on any atom is 0.160 e. The molecular formula is C16H24N4S. The lowest BCUT2D eigenvalue weighted by atomic mass is 10.0. The second-order valence-electron chi connectivity index (χ2n) is 5.75. The first-order valence-electron chi connectivity index (χ1n) is 7.59. The summed E-state index contributed by atoms with van der Waals surface area (Å²) in [6, 6.07) is 2.09. The first-order valence-corrected chi connectivity index (χ1v) is 8.00. The van der Waals surface area contributed by atoms with Crippen LogP contribution in [0.25, 0.3) is 11.2 Å². The largest absolute Gasteiger partial charge is 0.393 e. The van der Waals surface area contributed by atoms with E-state index >= 15 is 0 Å². The summed E-state index contributed by atoms with van der Waals surface area (Å²) < 4.78 is 2.20. The molecule has 114 valence electrons. The molecule has 0 saturated carbocycles. The van der Waals surface area contributed by atoms with Gasteiger partial charge < -0.3 is 10.3 Å². The van der Waals surface area contributed by atoms with E-state index in [1.54, 1.807) is 0 Å². The van der Waals surface area contributed by atoms with Gasteiger partial charge in [0, 0.05) is 24.6 Å². The lowest BCUT2D eigenvalue weighted by molar-refractivity contribution is 0.522. The summed E-state index contributed by atoms with van der Waals surface area (Å²) in [6.45, 7) is 9.24. The van der Waals surface area contributed by atoms with E-state index in [4.69, 9.17) is 22.9 Å². The summed E-state index contributed by atoms with van der Waals surface area (Å²) >= 11 is 5.12. The zero-order valence-corrected chi connectivity index (χ0v) is 14.1. The SMILES string of the molecule is CCC(CC)c1nc2cc(C)cnc2n1CC(C)C(N)=S. The van der Waals surface area contributed by atoms with E-state index in [9.17, 15) is 0 Å². The third-order valence-corrected chi connectivity index (χ3v) is 4.45. The Kier molecular flexibility index (Phi) is 4.93. The molecule has 2 N–H and O–H groups in total. The summed E-state index contributed by atoms with van der Waals surface area (Å²) in [5.74, 6) is 1.68. The number of nitrogens with zero attached hydrogens (tertiary/aromatic N) is 3. The standard InChI is InChI=1S/C16H24N4S/c1-5-12(6-2)15-19-13-7-10(3)8-18-16(13)20(15)9-11(4)14(17)21/h7-8,11-12H,5-6,9H2,1-4H3,(H2,17,21). The monoisotopic (exact) mass is 304 g/mol. The Morgan fingerprint density at radius 3 is 2.62 bits per heavy atom. The van der Waals surface area contributed by atoms with Crippen LogP contribution in [0, 0.1) is 12.8 Å². The van der Waals surface area contributed by atoms with Crippen molar-refractivity contribution in [3.05, 3.63) is 23.7 Å². The third kappa shape index (κ3) is 3.23. The molecule has 0 aromatic carbocycles. The van der Waals surface area contributed by atoms with Crippen LogP contribution in [-0.4, -0.2) is 19.5 Å². The van der Waals surface area contributed by atoms with E-state index in [1.807, 2.05) is 13.1 Å². The van der Waals surface area contributed by atoms with Crippen LogP contribution in [-0.2, 0) is 6.54 Å². The molecule has 4 nitrogen and oxygen atoms in total. The number of thiocarbonyl (C=S) groups is 1. The molecule has 0 saturated heterocycles. The van der Waals surface area contributed by atoms with Gasteiger partial charge in [-0.2, -0.15) is 0 Å². The second kappa shape index (κ2) is 6.52. The van der Waals surface area contributed by atoms with Crippen LogP contribution in [0.3, 0.4) is 0 Å². The van der Waals surface area contributed by atoms with Crippen LogP contribution in [0.4, 0.5) is 0 Å². The number of fused-ring (bicyclic) bond motifs is 1. The van der Waals surface area contributed by atoms with Gasteiger partial charge in [0.25, 0.3) is 0 Å². The maximum absolute atomic E-state index is 5.79. The number of hydrogen-bond acceptors (Lipinski definition) is 3. The highest BCUT2D eigenvalue weighted by atomic mass is 32.1. The summed E-state index contributed by atoms with van der Waals surface area (Å²) in [7, 11) is 0. The Bertz CT molecular complexity index is 643. The Morgan fingerprint density at radius 1 is 1.38 bits per heavy atom. The number of nitrogens with two attached hydrogens (primary N) is 1. The van der Waals surface area contributed by atoms with Gasteiger partial charge in [-0.15, -0.1) is 0 Å². The van der Waals surface area contributed by atoms with Crippen LogP contribution in [0.5, 0.6) is 0 Å². The van der Waals surface area contributed by atoms with Gasteiger partial charge in [0.15, 0.2) is 5.65 Å². The molecule has 0 aliphatic heterocycles. The Morgan fingerprint density at radius 2 is 2.05 bits per heavy atom. The first kappa shape index (κ1) is 15.9. The van der Waals surface area contributed by atoms with Crippen molar-refractivity contribution in [1.29, 1.82) is 0 Å². The van der Waals surface area contributed by atoms with Crippen LogP contribution >= 0.6 is 12.2 Å². The number of aromatic nitrogens is 3. The fourth-order valence-electron chi connectivity index (χ4n) is 2.64. The van der Waals surface area contributed by atoms with Crippen molar-refractivity contribution in [2.45, 2.75) is 53.0 Å². The van der Waals surface area contributed by atoms with Crippen LogP contribution in [0.1, 0.15) is 50.9 Å². The average Bonchev–Trinajstić information content (AvgIpc) is 2.78. The minimum atomic E-state index is 0.133. The molecule has 2 heterocycles. The molecule has 0 aliphatic carbocycles. The number of hydrogen-bond donors (Lipinski definition) is 1. The van der Waals surface area contributed by atoms with E-state index in [-0.39, 0.29) is 5.92 Å². The summed E-state index contributed by atoms with van der Waals surface area (Å²) in [5.41, 5.74) is 8.82. The van der Waals surface area contributed by atoms with Crippen molar-refractivity contribution in [1.82, 2.24) is 14.5 Å². The zero-order chi connectivity index (χ0) is 15.6. The van der Waals surface area contributed by atoms with Gasteiger partial charge >= 0.3 is 0 Å². The molecule has 0 aliphatic rings. The molecule has 0 spiro atoms. The smallest absolute Gasteiger partial charge is 0.160 e. The number of imidazole rings is 1. The fraction of sp³-hybridized carbons (Fsp3) is 0.562. The van der Waals surface area contributed by atoms with Gasteiger partial charge in [0.1, 0.15) is 11.3 Å². The predicted octanol–water partition coefficient (Wildman–Crippen LogP) is 3.57. The van der Waals surface area contributed by atoms with E-state index in [2.05, 4.69) is 36.4 Å². The normalized spacial score (nSPS) is 13.0. The van der Waals surface area contributed by atoms with Gasteiger partial charge in [-0.1, -0.05) is 33.0 Å². The van der Waals surface area contributed by atoms with Crippen molar-refractivity contribution in [3.8, 4) is 0 Å². The average molecular weight is 304 g/mol. The van der Waals surface area contributed by atoms with E-state index < -0.39 is 0 Å². The number of rotatable bonds is 6. The van der Waals surface area contributed by atoms with Crippen molar-refractivity contribution in [2.24, 2.45) is 11.7 Å². The van der Waals surface area contributed by atoms with Gasteiger partial charge in [-0.3, -0.25) is 0 Å². The maximum atomic E-state index is 5.79. The second-order valence-corrected chi connectivity index (χ2v) is 6.22. The highest BCUT2D eigenvalue weighted by molar-refractivity contribution is 7.80. The molecule has 0 bridgehead atoms. The van der Waals surface area contributed by atoms with E-state index in [0.717, 1.165) is 41.9 Å². The van der Waals surface area contributed by atoms with E-state index in [0.29, 0.717) is 10.9 Å². The molecule has 2 aromatic heterocycles. The minimum Gasteiger partial charge on any atom is -0.393 e. The highest BCUT2D eigenvalue weighted by Gasteiger charge is 2.20. The summed E-state index contributed by atoms with van der Waals surface area (Å²) in [5, 5.41) is 0. The number of aryl methyl sites for hydroxylation is 1. The Balaban J connectivity index is 2.56. The zero-order valence-electron chi connectivity index (χ0n) is 13.3. The lowest BCUT2D eigenvalue weighted by Crippen LogP contribution is -2.24. The highest BCUT2D eigenvalue weighted by Crippen LogP contribution is 2.27. The van der Waals surface area contributed by atoms with E-state index in [1.165, 1.54) is 0 Å². The molecule has 21 heavy (non-hydrogen) atoms. The number of pyridine rings is 1. The molecule has 2 rings (SSSR count). The molecule has 0 radical (unpaired) electrons. The lowest BCUT2D eigenvalue weighted by Gasteiger charge is -2.18. The Labute approximate surface area is 131 Å². The topological polar surface area (TPSA) is 56.7 Å². The van der Waals surface area contributed by atoms with Gasteiger partial charge in [-0.05, 0) is 31.4 Å². The summed E-state index contributed by atoms with van der Waals surface area (Å²) in [4.78, 5) is 9.97.